The van der Waals surface area contributed by atoms with Crippen molar-refractivity contribution in [2.75, 3.05) is 0 Å². The SMILES string of the molecule is O=C(CCc1ccccc1)NCc1nc2ccccc2n1Cc1ccc(Cl)cc1. The molecule has 0 saturated heterocycles. The molecule has 4 aromatic rings. The van der Waals surface area contributed by atoms with Crippen molar-refractivity contribution in [2.24, 2.45) is 0 Å². The molecule has 29 heavy (non-hydrogen) atoms. The summed E-state index contributed by atoms with van der Waals surface area (Å²) in [5.74, 6) is 0.869. The quantitative estimate of drug-likeness (QED) is 0.472. The molecule has 0 aliphatic rings. The Balaban J connectivity index is 1.47. The maximum atomic E-state index is 12.3. The maximum Gasteiger partial charge on any atom is 0.220 e. The average Bonchev–Trinajstić information content (AvgIpc) is 3.10. The van der Waals surface area contributed by atoms with E-state index in [4.69, 9.17) is 16.6 Å². The van der Waals surface area contributed by atoms with E-state index in [1.807, 2.05) is 72.8 Å². The molecule has 0 unspecified atom stereocenters. The normalized spacial score (nSPS) is 10.9. The lowest BCUT2D eigenvalue weighted by Crippen LogP contribution is -2.25. The smallest absolute Gasteiger partial charge is 0.220 e. The van der Waals surface area contributed by atoms with Gasteiger partial charge < -0.3 is 9.88 Å². The second-order valence-electron chi connectivity index (χ2n) is 6.99. The predicted molar refractivity (Wildman–Crippen MR) is 117 cm³/mol. The first-order chi connectivity index (χ1) is 14.2. The van der Waals surface area contributed by atoms with Gasteiger partial charge in [-0.25, -0.2) is 4.98 Å². The minimum Gasteiger partial charge on any atom is -0.349 e. The van der Waals surface area contributed by atoms with Crippen LogP contribution in [0.2, 0.25) is 5.02 Å². The monoisotopic (exact) mass is 403 g/mol. The molecule has 4 rings (SSSR count). The lowest BCUT2D eigenvalue weighted by molar-refractivity contribution is -0.121. The Labute approximate surface area is 175 Å². The fraction of sp³-hybridized carbons (Fsp3) is 0.167. The Morgan fingerprint density at radius 3 is 2.41 bits per heavy atom. The van der Waals surface area contributed by atoms with Gasteiger partial charge in [0.2, 0.25) is 5.91 Å². The number of hydrogen-bond donors (Lipinski definition) is 1. The number of fused-ring (bicyclic) bond motifs is 1. The molecule has 0 atom stereocenters. The fourth-order valence-electron chi connectivity index (χ4n) is 3.38. The summed E-state index contributed by atoms with van der Waals surface area (Å²) >= 11 is 6.01. The number of carbonyl (C=O) groups excluding carboxylic acids is 1. The standard InChI is InChI=1S/C24H22ClN3O/c25-20-13-10-19(11-14-20)17-28-22-9-5-4-8-21(22)27-23(28)16-26-24(29)15-12-18-6-2-1-3-7-18/h1-11,13-14H,12,15-17H2,(H,26,29). The van der Waals surface area contributed by atoms with Crippen molar-refractivity contribution in [1.82, 2.24) is 14.9 Å². The number of benzene rings is 3. The van der Waals surface area contributed by atoms with Gasteiger partial charge in [-0.2, -0.15) is 0 Å². The molecule has 0 radical (unpaired) electrons. The van der Waals surface area contributed by atoms with Crippen molar-refractivity contribution in [3.05, 3.63) is 101 Å². The Kier molecular flexibility index (Phi) is 5.92. The largest absolute Gasteiger partial charge is 0.349 e. The van der Waals surface area contributed by atoms with Crippen LogP contribution in [-0.2, 0) is 24.3 Å². The first-order valence-electron chi connectivity index (χ1n) is 9.68. The molecule has 3 aromatic carbocycles. The highest BCUT2D eigenvalue weighted by molar-refractivity contribution is 6.30. The number of aromatic nitrogens is 2. The number of rotatable bonds is 7. The Hall–Kier alpha value is -3.11. The zero-order valence-electron chi connectivity index (χ0n) is 16.0. The topological polar surface area (TPSA) is 46.9 Å². The van der Waals surface area contributed by atoms with E-state index in [1.165, 1.54) is 0 Å². The van der Waals surface area contributed by atoms with Crippen LogP contribution in [-0.4, -0.2) is 15.5 Å². The number of halogens is 1. The predicted octanol–water partition coefficient (Wildman–Crippen LogP) is 4.99. The van der Waals surface area contributed by atoms with Gasteiger partial charge in [0.1, 0.15) is 5.82 Å². The molecule has 0 spiro atoms. The number of nitrogens with one attached hydrogen (secondary N) is 1. The summed E-state index contributed by atoms with van der Waals surface area (Å²) in [6.07, 6.45) is 1.19. The first kappa shape index (κ1) is 19.2. The molecule has 0 bridgehead atoms. The Morgan fingerprint density at radius 1 is 0.897 bits per heavy atom. The third-order valence-electron chi connectivity index (χ3n) is 4.91. The van der Waals surface area contributed by atoms with Crippen molar-refractivity contribution in [1.29, 1.82) is 0 Å². The third kappa shape index (κ3) is 4.84. The van der Waals surface area contributed by atoms with Gasteiger partial charge >= 0.3 is 0 Å². The second-order valence-corrected chi connectivity index (χ2v) is 7.43. The highest BCUT2D eigenvalue weighted by Gasteiger charge is 2.12. The van der Waals surface area contributed by atoms with Crippen LogP contribution in [0.15, 0.2) is 78.9 Å². The molecule has 1 heterocycles. The highest BCUT2D eigenvalue weighted by Crippen LogP contribution is 2.19. The minimum absolute atomic E-state index is 0.0268. The van der Waals surface area contributed by atoms with Crippen molar-refractivity contribution < 1.29 is 4.79 Å². The van der Waals surface area contributed by atoms with Crippen LogP contribution in [0.5, 0.6) is 0 Å². The van der Waals surface area contributed by atoms with Crippen molar-refractivity contribution in [3.63, 3.8) is 0 Å². The number of imidazole rings is 1. The van der Waals surface area contributed by atoms with Crippen LogP contribution >= 0.6 is 11.6 Å². The van der Waals surface area contributed by atoms with Crippen LogP contribution in [0.4, 0.5) is 0 Å². The van der Waals surface area contributed by atoms with E-state index in [-0.39, 0.29) is 5.91 Å². The number of amides is 1. The average molecular weight is 404 g/mol. The molecule has 4 nitrogen and oxygen atoms in total. The molecule has 0 aliphatic heterocycles. The van der Waals surface area contributed by atoms with Gasteiger partial charge in [-0.3, -0.25) is 4.79 Å². The zero-order chi connectivity index (χ0) is 20.1. The lowest BCUT2D eigenvalue weighted by atomic mass is 10.1. The second kappa shape index (κ2) is 8.93. The van der Waals surface area contributed by atoms with Crippen LogP contribution in [0, 0.1) is 0 Å². The van der Waals surface area contributed by atoms with Crippen molar-refractivity contribution >= 4 is 28.5 Å². The van der Waals surface area contributed by atoms with Crippen LogP contribution in [0.1, 0.15) is 23.4 Å². The zero-order valence-corrected chi connectivity index (χ0v) is 16.8. The van der Waals surface area contributed by atoms with Gasteiger partial charge in [-0.05, 0) is 41.8 Å². The fourth-order valence-corrected chi connectivity index (χ4v) is 3.50. The number of aryl methyl sites for hydroxylation is 1. The first-order valence-corrected chi connectivity index (χ1v) is 10.1. The van der Waals surface area contributed by atoms with E-state index in [1.54, 1.807) is 0 Å². The number of para-hydroxylation sites is 2. The van der Waals surface area contributed by atoms with Crippen LogP contribution in [0.3, 0.4) is 0 Å². The van der Waals surface area contributed by atoms with E-state index < -0.39 is 0 Å². The van der Waals surface area contributed by atoms with Gasteiger partial charge in [-0.15, -0.1) is 0 Å². The van der Waals surface area contributed by atoms with Crippen LogP contribution in [0.25, 0.3) is 11.0 Å². The van der Waals surface area contributed by atoms with Gasteiger partial charge in [0.15, 0.2) is 0 Å². The molecule has 1 N–H and O–H groups in total. The van der Waals surface area contributed by atoms with Crippen molar-refractivity contribution in [2.45, 2.75) is 25.9 Å². The molecule has 0 fully saturated rings. The molecule has 1 amide bonds. The van der Waals surface area contributed by atoms with E-state index in [0.717, 1.165) is 39.4 Å². The Morgan fingerprint density at radius 2 is 1.62 bits per heavy atom. The number of nitrogens with zero attached hydrogens (tertiary/aromatic N) is 2. The van der Waals surface area contributed by atoms with Gasteiger partial charge in [0.25, 0.3) is 0 Å². The summed E-state index contributed by atoms with van der Waals surface area (Å²) in [5, 5.41) is 3.74. The van der Waals surface area contributed by atoms with Gasteiger partial charge in [-0.1, -0.05) is 66.2 Å². The highest BCUT2D eigenvalue weighted by atomic mass is 35.5. The maximum absolute atomic E-state index is 12.3. The van der Waals surface area contributed by atoms with Gasteiger partial charge in [0, 0.05) is 18.0 Å². The number of carbonyl (C=O) groups is 1. The van der Waals surface area contributed by atoms with E-state index in [0.29, 0.717) is 19.5 Å². The summed E-state index contributed by atoms with van der Waals surface area (Å²) in [5.41, 5.74) is 4.28. The lowest BCUT2D eigenvalue weighted by Gasteiger charge is -2.11. The van der Waals surface area contributed by atoms with Crippen LogP contribution < -0.4 is 5.32 Å². The molecule has 0 aliphatic carbocycles. The minimum atomic E-state index is 0.0268. The molecule has 5 heteroatoms. The molecule has 1 aromatic heterocycles. The van der Waals surface area contributed by atoms with E-state index in [2.05, 4.69) is 16.0 Å². The molecular weight excluding hydrogens is 382 g/mol. The number of hydrogen-bond acceptors (Lipinski definition) is 2. The molecule has 0 saturated carbocycles. The summed E-state index contributed by atoms with van der Waals surface area (Å²) in [7, 11) is 0. The third-order valence-corrected chi connectivity index (χ3v) is 5.17. The summed E-state index contributed by atoms with van der Waals surface area (Å²) < 4.78 is 2.15. The van der Waals surface area contributed by atoms with E-state index >= 15 is 0 Å². The van der Waals surface area contributed by atoms with E-state index in [9.17, 15) is 4.79 Å². The Bertz CT molecular complexity index is 1100. The summed E-state index contributed by atoms with van der Waals surface area (Å²) in [6.45, 7) is 1.07. The summed E-state index contributed by atoms with van der Waals surface area (Å²) in [4.78, 5) is 17.1. The molecular formula is C24H22ClN3O. The molecule has 146 valence electrons. The van der Waals surface area contributed by atoms with Gasteiger partial charge in [0.05, 0.1) is 17.6 Å². The summed E-state index contributed by atoms with van der Waals surface area (Å²) in [6, 6.07) is 25.9. The van der Waals surface area contributed by atoms with Crippen molar-refractivity contribution in [3.8, 4) is 0 Å².